The number of hydrogen-bond donors (Lipinski definition) is 0. The van der Waals surface area contributed by atoms with E-state index >= 15 is 0 Å². The second-order valence-corrected chi connectivity index (χ2v) is 6.66. The van der Waals surface area contributed by atoms with E-state index in [9.17, 15) is 19.3 Å². The van der Waals surface area contributed by atoms with Gasteiger partial charge in [0.05, 0.1) is 10.5 Å². The Morgan fingerprint density at radius 2 is 2.00 bits per heavy atom. The first-order valence-corrected chi connectivity index (χ1v) is 7.87. The molecule has 5 nitrogen and oxygen atoms in total. The summed E-state index contributed by atoms with van der Waals surface area (Å²) in [6.07, 6.45) is 0.883. The van der Waals surface area contributed by atoms with Gasteiger partial charge in [-0.2, -0.15) is 0 Å². The Bertz CT molecular complexity index is 587. The summed E-state index contributed by atoms with van der Waals surface area (Å²) in [5, 5.41) is 10.6. The predicted octanol–water partition coefficient (Wildman–Crippen LogP) is 4.30. The highest BCUT2D eigenvalue weighted by Gasteiger charge is 2.43. The standard InChI is InChI=1S/C17H22FNO4/c1-11(2)17(18)9-8-12(3)15(10-17)23-16(20)13-4-6-14(7-5-13)19(21)22/h4-7,11-12,15H,8-10H2,1-3H3. The maximum absolute atomic E-state index is 14.8. The second kappa shape index (κ2) is 6.64. The molecule has 0 aromatic heterocycles. The van der Waals surface area contributed by atoms with Crippen molar-refractivity contribution in [2.24, 2.45) is 11.8 Å². The zero-order valence-corrected chi connectivity index (χ0v) is 13.6. The number of halogens is 1. The van der Waals surface area contributed by atoms with Crippen molar-refractivity contribution in [1.82, 2.24) is 0 Å². The highest BCUT2D eigenvalue weighted by molar-refractivity contribution is 5.89. The minimum Gasteiger partial charge on any atom is -0.458 e. The highest BCUT2D eigenvalue weighted by Crippen LogP contribution is 2.41. The maximum Gasteiger partial charge on any atom is 0.338 e. The van der Waals surface area contributed by atoms with Crippen LogP contribution in [-0.4, -0.2) is 22.7 Å². The third-order valence-electron chi connectivity index (χ3n) is 4.80. The molecule has 2 rings (SSSR count). The van der Waals surface area contributed by atoms with E-state index in [-0.39, 0.29) is 29.5 Å². The fourth-order valence-corrected chi connectivity index (χ4v) is 2.90. The number of alkyl halides is 1. The summed E-state index contributed by atoms with van der Waals surface area (Å²) in [5.74, 6) is -0.597. The van der Waals surface area contributed by atoms with Gasteiger partial charge < -0.3 is 4.74 Å². The largest absolute Gasteiger partial charge is 0.458 e. The van der Waals surface area contributed by atoms with Gasteiger partial charge in [0.1, 0.15) is 11.8 Å². The normalized spacial score (nSPS) is 27.7. The average molecular weight is 323 g/mol. The summed E-state index contributed by atoms with van der Waals surface area (Å²) in [7, 11) is 0. The Kier molecular flexibility index (Phi) is 5.02. The van der Waals surface area contributed by atoms with E-state index in [0.717, 1.165) is 0 Å². The summed E-state index contributed by atoms with van der Waals surface area (Å²) in [4.78, 5) is 22.3. The molecule has 3 unspecified atom stereocenters. The van der Waals surface area contributed by atoms with Crippen LogP contribution in [0.25, 0.3) is 0 Å². The van der Waals surface area contributed by atoms with Gasteiger partial charge in [0.15, 0.2) is 0 Å². The molecule has 126 valence electrons. The van der Waals surface area contributed by atoms with E-state index < -0.39 is 22.7 Å². The third-order valence-corrected chi connectivity index (χ3v) is 4.80. The Balaban J connectivity index is 2.07. The van der Waals surface area contributed by atoms with Crippen LogP contribution in [0, 0.1) is 22.0 Å². The lowest BCUT2D eigenvalue weighted by Gasteiger charge is -2.40. The van der Waals surface area contributed by atoms with E-state index in [1.165, 1.54) is 24.3 Å². The number of nitro groups is 1. The Hall–Kier alpha value is -1.98. The first kappa shape index (κ1) is 17.4. The van der Waals surface area contributed by atoms with Crippen molar-refractivity contribution < 1.29 is 18.8 Å². The fraction of sp³-hybridized carbons (Fsp3) is 0.588. The molecule has 1 saturated carbocycles. The molecule has 1 aromatic rings. The molecule has 1 aliphatic rings. The molecule has 1 fully saturated rings. The minimum absolute atomic E-state index is 0.0878. The van der Waals surface area contributed by atoms with Gasteiger partial charge in [-0.05, 0) is 36.8 Å². The lowest BCUT2D eigenvalue weighted by molar-refractivity contribution is -0.384. The molecule has 0 N–H and O–H groups in total. The molecule has 0 spiro atoms. The quantitative estimate of drug-likeness (QED) is 0.470. The number of non-ortho nitro benzene ring substituents is 1. The van der Waals surface area contributed by atoms with Gasteiger partial charge in [-0.15, -0.1) is 0 Å². The zero-order valence-electron chi connectivity index (χ0n) is 13.6. The van der Waals surface area contributed by atoms with Gasteiger partial charge in [0.2, 0.25) is 0 Å². The highest BCUT2D eigenvalue weighted by atomic mass is 19.1. The van der Waals surface area contributed by atoms with Crippen LogP contribution in [0.1, 0.15) is 50.4 Å². The topological polar surface area (TPSA) is 69.4 Å². The van der Waals surface area contributed by atoms with E-state index in [0.29, 0.717) is 12.8 Å². The van der Waals surface area contributed by atoms with Crippen molar-refractivity contribution >= 4 is 11.7 Å². The van der Waals surface area contributed by atoms with Crippen molar-refractivity contribution in [3.63, 3.8) is 0 Å². The monoisotopic (exact) mass is 323 g/mol. The minimum atomic E-state index is -1.31. The van der Waals surface area contributed by atoms with Crippen LogP contribution in [-0.2, 0) is 4.74 Å². The number of carbonyl (C=O) groups is 1. The van der Waals surface area contributed by atoms with Crippen LogP contribution in [0.15, 0.2) is 24.3 Å². The molecule has 6 heteroatoms. The van der Waals surface area contributed by atoms with Crippen molar-refractivity contribution in [1.29, 1.82) is 0 Å². The van der Waals surface area contributed by atoms with Crippen molar-refractivity contribution in [2.75, 3.05) is 0 Å². The van der Waals surface area contributed by atoms with E-state index in [1.54, 1.807) is 0 Å². The van der Waals surface area contributed by atoms with Gasteiger partial charge in [0.25, 0.3) is 5.69 Å². The molecule has 3 atom stereocenters. The van der Waals surface area contributed by atoms with Crippen LogP contribution in [0.5, 0.6) is 0 Å². The maximum atomic E-state index is 14.8. The Labute approximate surface area is 135 Å². The second-order valence-electron chi connectivity index (χ2n) is 6.66. The van der Waals surface area contributed by atoms with E-state index in [1.807, 2.05) is 20.8 Å². The van der Waals surface area contributed by atoms with Gasteiger partial charge >= 0.3 is 5.97 Å². The van der Waals surface area contributed by atoms with E-state index in [4.69, 9.17) is 4.74 Å². The van der Waals surface area contributed by atoms with Crippen LogP contribution in [0.3, 0.4) is 0 Å². The van der Waals surface area contributed by atoms with Gasteiger partial charge in [-0.1, -0.05) is 20.8 Å². The zero-order chi connectivity index (χ0) is 17.2. The Morgan fingerprint density at radius 1 is 1.39 bits per heavy atom. The lowest BCUT2D eigenvalue weighted by Crippen LogP contribution is -2.43. The molecule has 0 amide bonds. The Morgan fingerprint density at radius 3 is 2.52 bits per heavy atom. The molecule has 1 aliphatic carbocycles. The first-order chi connectivity index (χ1) is 10.7. The van der Waals surface area contributed by atoms with Crippen molar-refractivity contribution in [2.45, 2.75) is 51.8 Å². The van der Waals surface area contributed by atoms with Crippen molar-refractivity contribution in [3.8, 4) is 0 Å². The number of hydrogen-bond acceptors (Lipinski definition) is 4. The van der Waals surface area contributed by atoms with Crippen LogP contribution < -0.4 is 0 Å². The number of carbonyl (C=O) groups excluding carboxylic acids is 1. The molecule has 23 heavy (non-hydrogen) atoms. The smallest absolute Gasteiger partial charge is 0.338 e. The molecule has 0 saturated heterocycles. The molecule has 0 radical (unpaired) electrons. The summed E-state index contributed by atoms with van der Waals surface area (Å²) in [5.41, 5.74) is -1.16. The number of esters is 1. The lowest BCUT2D eigenvalue weighted by atomic mass is 9.73. The molecule has 0 heterocycles. The van der Waals surface area contributed by atoms with Crippen LogP contribution in [0.4, 0.5) is 10.1 Å². The van der Waals surface area contributed by atoms with Crippen LogP contribution >= 0.6 is 0 Å². The van der Waals surface area contributed by atoms with E-state index in [2.05, 4.69) is 0 Å². The fourth-order valence-electron chi connectivity index (χ4n) is 2.90. The number of rotatable bonds is 4. The summed E-state index contributed by atoms with van der Waals surface area (Å²) in [6.45, 7) is 5.63. The molecule has 0 bridgehead atoms. The predicted molar refractivity (Wildman–Crippen MR) is 84.0 cm³/mol. The van der Waals surface area contributed by atoms with Crippen LogP contribution in [0.2, 0.25) is 0 Å². The summed E-state index contributed by atoms with van der Waals surface area (Å²) < 4.78 is 20.3. The molecule has 1 aromatic carbocycles. The third kappa shape index (κ3) is 3.86. The SMILES string of the molecule is CC1CCC(F)(C(C)C)CC1OC(=O)c1ccc([N+](=O)[O-])cc1. The molecule has 0 aliphatic heterocycles. The number of benzene rings is 1. The average Bonchev–Trinajstić information content (AvgIpc) is 2.51. The number of nitrogens with zero attached hydrogens (tertiary/aromatic N) is 1. The number of ether oxygens (including phenoxy) is 1. The summed E-state index contributed by atoms with van der Waals surface area (Å²) in [6, 6.07) is 5.24. The van der Waals surface area contributed by atoms with Gasteiger partial charge in [-0.3, -0.25) is 10.1 Å². The first-order valence-electron chi connectivity index (χ1n) is 7.87. The van der Waals surface area contributed by atoms with Gasteiger partial charge in [-0.25, -0.2) is 9.18 Å². The van der Waals surface area contributed by atoms with Crippen molar-refractivity contribution in [3.05, 3.63) is 39.9 Å². The summed E-state index contributed by atoms with van der Waals surface area (Å²) >= 11 is 0. The van der Waals surface area contributed by atoms with Gasteiger partial charge in [0, 0.05) is 18.6 Å². The molecular formula is C17H22FNO4. The molecular weight excluding hydrogens is 301 g/mol. The number of nitro benzene ring substituents is 1.